The second-order valence-electron chi connectivity index (χ2n) is 9.15. The Morgan fingerprint density at radius 1 is 0.919 bits per heavy atom. The van der Waals surface area contributed by atoms with Gasteiger partial charge in [-0.05, 0) is 69.7 Å². The molecule has 7 nitrogen and oxygen atoms in total. The molecule has 1 atom stereocenters. The number of amides is 2. The molecule has 0 unspecified atom stereocenters. The number of carbonyl (C=O) groups is 2. The summed E-state index contributed by atoms with van der Waals surface area (Å²) in [4.78, 5) is 28.2. The van der Waals surface area contributed by atoms with Gasteiger partial charge in [-0.15, -0.1) is 0 Å². The van der Waals surface area contributed by atoms with Crippen molar-refractivity contribution < 1.29 is 18.0 Å². The number of aryl methyl sites for hydroxylation is 1. The van der Waals surface area contributed by atoms with Gasteiger partial charge in [0.1, 0.15) is 12.6 Å². The number of anilines is 1. The zero-order chi connectivity index (χ0) is 27.2. The standard InChI is InChI=1S/C28H32ClN3O4S/c1-20(2)30-28(34)22(4)31(18-23-9-8-10-24(29)17-23)27(33)19-32(25-15-13-21(3)14-16-25)37(35,36)26-11-6-5-7-12-26/h5-17,20,22H,18-19H2,1-4H3,(H,30,34)/t22-/m1/s1. The Kier molecular flexibility index (Phi) is 9.34. The molecule has 0 aliphatic heterocycles. The first-order valence-electron chi connectivity index (χ1n) is 12.0. The smallest absolute Gasteiger partial charge is 0.264 e. The first kappa shape index (κ1) is 28.2. The van der Waals surface area contributed by atoms with Crippen LogP contribution in [0.1, 0.15) is 31.9 Å². The van der Waals surface area contributed by atoms with Crippen molar-refractivity contribution in [3.63, 3.8) is 0 Å². The molecular formula is C28H32ClN3O4S. The highest BCUT2D eigenvalue weighted by Crippen LogP contribution is 2.25. The van der Waals surface area contributed by atoms with E-state index < -0.39 is 28.5 Å². The van der Waals surface area contributed by atoms with Gasteiger partial charge in [0, 0.05) is 17.6 Å². The van der Waals surface area contributed by atoms with E-state index in [1.807, 2.05) is 20.8 Å². The predicted octanol–water partition coefficient (Wildman–Crippen LogP) is 4.79. The summed E-state index contributed by atoms with van der Waals surface area (Å²) in [6, 6.07) is 20.9. The Morgan fingerprint density at radius 2 is 1.57 bits per heavy atom. The quantitative estimate of drug-likeness (QED) is 0.400. The van der Waals surface area contributed by atoms with Gasteiger partial charge in [-0.1, -0.05) is 59.6 Å². The summed E-state index contributed by atoms with van der Waals surface area (Å²) in [7, 11) is -4.08. The highest BCUT2D eigenvalue weighted by molar-refractivity contribution is 7.92. The molecule has 196 valence electrons. The zero-order valence-electron chi connectivity index (χ0n) is 21.4. The second kappa shape index (κ2) is 12.3. The molecule has 0 aliphatic carbocycles. The second-order valence-corrected chi connectivity index (χ2v) is 11.4. The van der Waals surface area contributed by atoms with Crippen LogP contribution in [0.15, 0.2) is 83.8 Å². The molecule has 0 radical (unpaired) electrons. The monoisotopic (exact) mass is 541 g/mol. The Labute approximate surface area is 224 Å². The fourth-order valence-electron chi connectivity index (χ4n) is 3.78. The Balaban J connectivity index is 2.01. The number of hydrogen-bond donors (Lipinski definition) is 1. The van der Waals surface area contributed by atoms with Gasteiger partial charge in [0.15, 0.2) is 0 Å². The molecule has 0 aromatic heterocycles. The van der Waals surface area contributed by atoms with E-state index >= 15 is 0 Å². The number of nitrogens with one attached hydrogen (secondary N) is 1. The molecule has 37 heavy (non-hydrogen) atoms. The van der Waals surface area contributed by atoms with Gasteiger partial charge in [0.2, 0.25) is 11.8 Å². The van der Waals surface area contributed by atoms with Crippen molar-refractivity contribution in [1.82, 2.24) is 10.2 Å². The van der Waals surface area contributed by atoms with Gasteiger partial charge in [0.25, 0.3) is 10.0 Å². The third-order valence-corrected chi connectivity index (χ3v) is 7.80. The van der Waals surface area contributed by atoms with E-state index in [2.05, 4.69) is 5.32 Å². The summed E-state index contributed by atoms with van der Waals surface area (Å²) < 4.78 is 28.5. The molecule has 0 saturated carbocycles. The molecular weight excluding hydrogens is 510 g/mol. The number of nitrogens with zero attached hydrogens (tertiary/aromatic N) is 2. The average Bonchev–Trinajstić information content (AvgIpc) is 2.86. The lowest BCUT2D eigenvalue weighted by molar-refractivity contribution is -0.139. The summed E-state index contributed by atoms with van der Waals surface area (Å²) >= 11 is 6.15. The van der Waals surface area contributed by atoms with Crippen molar-refractivity contribution in [2.24, 2.45) is 0 Å². The minimum Gasteiger partial charge on any atom is -0.352 e. The van der Waals surface area contributed by atoms with Crippen LogP contribution < -0.4 is 9.62 Å². The molecule has 9 heteroatoms. The first-order valence-corrected chi connectivity index (χ1v) is 13.8. The van der Waals surface area contributed by atoms with Gasteiger partial charge < -0.3 is 10.2 Å². The Bertz CT molecular complexity index is 1330. The van der Waals surface area contributed by atoms with Gasteiger partial charge in [-0.25, -0.2) is 8.42 Å². The van der Waals surface area contributed by atoms with E-state index in [1.54, 1.807) is 73.7 Å². The highest BCUT2D eigenvalue weighted by atomic mass is 35.5. The van der Waals surface area contributed by atoms with Gasteiger partial charge >= 0.3 is 0 Å². The summed E-state index contributed by atoms with van der Waals surface area (Å²) in [5, 5.41) is 3.33. The molecule has 2 amide bonds. The fourth-order valence-corrected chi connectivity index (χ4v) is 5.43. The van der Waals surface area contributed by atoms with Crippen molar-refractivity contribution >= 4 is 39.1 Å². The molecule has 3 aromatic carbocycles. The maximum atomic E-state index is 13.8. The summed E-state index contributed by atoms with van der Waals surface area (Å²) in [6.07, 6.45) is 0. The lowest BCUT2D eigenvalue weighted by Gasteiger charge is -2.32. The third kappa shape index (κ3) is 7.33. The van der Waals surface area contributed by atoms with Crippen LogP contribution in [0.4, 0.5) is 5.69 Å². The molecule has 0 aliphatic rings. The summed E-state index contributed by atoms with van der Waals surface area (Å²) in [5.74, 6) is -0.857. The van der Waals surface area contributed by atoms with Crippen LogP contribution in [0.2, 0.25) is 5.02 Å². The molecule has 3 aromatic rings. The molecule has 0 heterocycles. The zero-order valence-corrected chi connectivity index (χ0v) is 23.0. The topological polar surface area (TPSA) is 86.8 Å². The largest absolute Gasteiger partial charge is 0.352 e. The van der Waals surface area contributed by atoms with Crippen molar-refractivity contribution in [1.29, 1.82) is 0 Å². The van der Waals surface area contributed by atoms with Crippen LogP contribution in [0, 0.1) is 6.92 Å². The van der Waals surface area contributed by atoms with Gasteiger partial charge in [-0.3, -0.25) is 13.9 Å². The minimum atomic E-state index is -4.08. The van der Waals surface area contributed by atoms with Crippen LogP contribution in [0.3, 0.4) is 0 Å². The lowest BCUT2D eigenvalue weighted by atomic mass is 10.1. The van der Waals surface area contributed by atoms with Gasteiger partial charge in [0.05, 0.1) is 10.6 Å². The molecule has 1 N–H and O–H groups in total. The number of sulfonamides is 1. The fraction of sp³-hybridized carbons (Fsp3) is 0.286. The van der Waals surface area contributed by atoms with E-state index in [0.29, 0.717) is 10.7 Å². The van der Waals surface area contributed by atoms with Crippen LogP contribution in [0.5, 0.6) is 0 Å². The maximum absolute atomic E-state index is 13.8. The lowest BCUT2D eigenvalue weighted by Crippen LogP contribution is -2.52. The number of hydrogen-bond acceptors (Lipinski definition) is 4. The molecule has 0 saturated heterocycles. The van der Waals surface area contributed by atoms with Crippen LogP contribution in [-0.4, -0.2) is 43.8 Å². The summed E-state index contributed by atoms with van der Waals surface area (Å²) in [5.41, 5.74) is 2.02. The van der Waals surface area contributed by atoms with Crippen molar-refractivity contribution in [2.45, 2.75) is 51.2 Å². The van der Waals surface area contributed by atoms with Crippen LogP contribution in [0.25, 0.3) is 0 Å². The van der Waals surface area contributed by atoms with E-state index in [4.69, 9.17) is 11.6 Å². The number of benzene rings is 3. The van der Waals surface area contributed by atoms with Gasteiger partial charge in [-0.2, -0.15) is 0 Å². The SMILES string of the molecule is Cc1ccc(N(CC(=O)N(Cc2cccc(Cl)c2)[C@H](C)C(=O)NC(C)C)S(=O)(=O)c2ccccc2)cc1. The number of rotatable bonds is 10. The molecule has 0 fully saturated rings. The minimum absolute atomic E-state index is 0.0652. The average molecular weight is 542 g/mol. The van der Waals surface area contributed by atoms with E-state index in [0.717, 1.165) is 15.4 Å². The first-order chi connectivity index (χ1) is 17.5. The van der Waals surface area contributed by atoms with Crippen LogP contribution >= 0.6 is 11.6 Å². The normalized spacial score (nSPS) is 12.2. The van der Waals surface area contributed by atoms with Crippen LogP contribution in [-0.2, 0) is 26.2 Å². The Hall–Kier alpha value is -3.36. The molecule has 0 spiro atoms. The highest BCUT2D eigenvalue weighted by Gasteiger charge is 2.32. The van der Waals surface area contributed by atoms with E-state index in [9.17, 15) is 18.0 Å². The third-order valence-electron chi connectivity index (χ3n) is 5.77. The number of carbonyl (C=O) groups excluding carboxylic acids is 2. The molecule has 3 rings (SSSR count). The molecule has 0 bridgehead atoms. The number of halogens is 1. The summed E-state index contributed by atoms with van der Waals surface area (Å²) in [6.45, 7) is 6.78. The van der Waals surface area contributed by atoms with Crippen molar-refractivity contribution in [3.8, 4) is 0 Å². The van der Waals surface area contributed by atoms with E-state index in [1.165, 1.54) is 17.0 Å². The Morgan fingerprint density at radius 3 is 2.16 bits per heavy atom. The predicted molar refractivity (Wildman–Crippen MR) is 147 cm³/mol. The van der Waals surface area contributed by atoms with Crippen molar-refractivity contribution in [2.75, 3.05) is 10.8 Å². The van der Waals surface area contributed by atoms with Crippen molar-refractivity contribution in [3.05, 3.63) is 95.0 Å². The van der Waals surface area contributed by atoms with E-state index in [-0.39, 0.29) is 23.4 Å². The maximum Gasteiger partial charge on any atom is 0.264 e.